The molecule has 2 rings (SSSR count). The van der Waals surface area contributed by atoms with Crippen molar-refractivity contribution in [3.05, 3.63) is 58.2 Å². The topological polar surface area (TPSA) is 42.4 Å². The Labute approximate surface area is 120 Å². The molecule has 0 spiro atoms. The largest absolute Gasteiger partial charge is 0.468 e. The summed E-state index contributed by atoms with van der Waals surface area (Å²) in [7, 11) is 1.90. The fraction of sp³-hybridized carbons (Fsp3) is 0.286. The van der Waals surface area contributed by atoms with E-state index in [-0.39, 0.29) is 11.9 Å². The van der Waals surface area contributed by atoms with Gasteiger partial charge in [-0.25, -0.2) is 4.39 Å². The molecule has 5 heteroatoms. The lowest BCUT2D eigenvalue weighted by Gasteiger charge is -2.27. The third-order valence-electron chi connectivity index (χ3n) is 3.06. The number of halogens is 2. The predicted molar refractivity (Wildman–Crippen MR) is 76.1 cm³/mol. The van der Waals surface area contributed by atoms with Crippen LogP contribution < -0.4 is 5.73 Å². The fourth-order valence-corrected chi connectivity index (χ4v) is 2.45. The lowest BCUT2D eigenvalue weighted by Crippen LogP contribution is -2.30. The van der Waals surface area contributed by atoms with E-state index in [2.05, 4.69) is 15.9 Å². The van der Waals surface area contributed by atoms with Crippen LogP contribution in [0, 0.1) is 5.82 Å². The Hall–Kier alpha value is -1.17. The van der Waals surface area contributed by atoms with Gasteiger partial charge in [-0.05, 0) is 37.4 Å². The maximum atomic E-state index is 13.9. The first-order valence-corrected chi connectivity index (χ1v) is 6.78. The van der Waals surface area contributed by atoms with Gasteiger partial charge in [0, 0.05) is 16.6 Å². The number of hydrogen-bond acceptors (Lipinski definition) is 3. The molecule has 0 bridgehead atoms. The van der Waals surface area contributed by atoms with Crippen LogP contribution in [0.5, 0.6) is 0 Å². The molecule has 0 fully saturated rings. The van der Waals surface area contributed by atoms with Crippen molar-refractivity contribution in [1.82, 2.24) is 4.90 Å². The van der Waals surface area contributed by atoms with Crippen molar-refractivity contribution >= 4 is 15.9 Å². The Bertz CT molecular complexity index is 530. The van der Waals surface area contributed by atoms with Gasteiger partial charge in [-0.2, -0.15) is 0 Å². The van der Waals surface area contributed by atoms with E-state index in [1.54, 1.807) is 18.4 Å². The van der Waals surface area contributed by atoms with Gasteiger partial charge < -0.3 is 10.2 Å². The number of nitrogens with two attached hydrogens (primary N) is 1. The van der Waals surface area contributed by atoms with Gasteiger partial charge >= 0.3 is 0 Å². The van der Waals surface area contributed by atoms with Crippen LogP contribution in [-0.4, -0.2) is 18.5 Å². The van der Waals surface area contributed by atoms with E-state index < -0.39 is 0 Å². The summed E-state index contributed by atoms with van der Waals surface area (Å²) < 4.78 is 20.1. The quantitative estimate of drug-likeness (QED) is 0.916. The molecule has 0 amide bonds. The van der Waals surface area contributed by atoms with Crippen molar-refractivity contribution in [2.75, 3.05) is 13.6 Å². The summed E-state index contributed by atoms with van der Waals surface area (Å²) >= 11 is 3.36. The third kappa shape index (κ3) is 3.43. The van der Waals surface area contributed by atoms with Crippen LogP contribution in [-0.2, 0) is 6.54 Å². The van der Waals surface area contributed by atoms with Crippen molar-refractivity contribution < 1.29 is 8.81 Å². The second-order valence-corrected chi connectivity index (χ2v) is 5.33. The molecule has 102 valence electrons. The van der Waals surface area contributed by atoms with E-state index in [0.717, 1.165) is 10.2 Å². The summed E-state index contributed by atoms with van der Waals surface area (Å²) in [6, 6.07) is 8.43. The lowest BCUT2D eigenvalue weighted by atomic mass is 10.0. The molecule has 2 aromatic rings. The van der Waals surface area contributed by atoms with Crippen LogP contribution in [0.2, 0.25) is 0 Å². The van der Waals surface area contributed by atoms with Crippen LogP contribution >= 0.6 is 15.9 Å². The van der Waals surface area contributed by atoms with Gasteiger partial charge in [0.2, 0.25) is 0 Å². The SMILES string of the molecule is CN(Cc1ccco1)C(CN)c1cc(Br)ccc1F. The number of hydrogen-bond donors (Lipinski definition) is 1. The Morgan fingerprint density at radius 2 is 2.21 bits per heavy atom. The van der Waals surface area contributed by atoms with Crippen LogP contribution in [0.4, 0.5) is 4.39 Å². The summed E-state index contributed by atoms with van der Waals surface area (Å²) in [6.45, 7) is 0.922. The van der Waals surface area contributed by atoms with Crippen molar-refractivity contribution in [3.8, 4) is 0 Å². The summed E-state index contributed by atoms with van der Waals surface area (Å²) in [6.07, 6.45) is 1.63. The summed E-state index contributed by atoms with van der Waals surface area (Å²) in [4.78, 5) is 1.98. The second-order valence-electron chi connectivity index (χ2n) is 4.41. The van der Waals surface area contributed by atoms with Crippen LogP contribution in [0.15, 0.2) is 45.5 Å². The molecule has 19 heavy (non-hydrogen) atoms. The first-order valence-electron chi connectivity index (χ1n) is 5.99. The van der Waals surface area contributed by atoms with Gasteiger partial charge in [0.1, 0.15) is 11.6 Å². The standard InChI is InChI=1S/C14H16BrFN2O/c1-18(9-11-3-2-6-19-11)14(8-17)12-7-10(15)4-5-13(12)16/h2-7,14H,8-9,17H2,1H3. The first kappa shape index (κ1) is 14.2. The molecule has 1 atom stereocenters. The van der Waals surface area contributed by atoms with E-state index in [1.165, 1.54) is 6.07 Å². The number of benzene rings is 1. The van der Waals surface area contributed by atoms with E-state index >= 15 is 0 Å². The highest BCUT2D eigenvalue weighted by atomic mass is 79.9. The van der Waals surface area contributed by atoms with Crippen molar-refractivity contribution in [3.63, 3.8) is 0 Å². The highest BCUT2D eigenvalue weighted by Crippen LogP contribution is 2.26. The Balaban J connectivity index is 2.21. The van der Waals surface area contributed by atoms with Crippen molar-refractivity contribution in [1.29, 1.82) is 0 Å². The molecule has 0 aliphatic heterocycles. The third-order valence-corrected chi connectivity index (χ3v) is 3.55. The Morgan fingerprint density at radius 3 is 2.84 bits per heavy atom. The van der Waals surface area contributed by atoms with E-state index in [0.29, 0.717) is 18.7 Å². The smallest absolute Gasteiger partial charge is 0.128 e. The minimum atomic E-state index is -0.245. The zero-order valence-corrected chi connectivity index (χ0v) is 12.2. The van der Waals surface area contributed by atoms with E-state index in [4.69, 9.17) is 10.2 Å². The molecule has 0 aliphatic rings. The van der Waals surface area contributed by atoms with Gasteiger partial charge in [0.25, 0.3) is 0 Å². The molecule has 2 N–H and O–H groups in total. The Morgan fingerprint density at radius 1 is 1.42 bits per heavy atom. The highest BCUT2D eigenvalue weighted by Gasteiger charge is 2.20. The molecule has 0 aliphatic carbocycles. The van der Waals surface area contributed by atoms with E-state index in [1.807, 2.05) is 24.1 Å². The number of nitrogens with zero attached hydrogens (tertiary/aromatic N) is 1. The molecule has 1 unspecified atom stereocenters. The van der Waals surface area contributed by atoms with Crippen LogP contribution in [0.25, 0.3) is 0 Å². The minimum Gasteiger partial charge on any atom is -0.468 e. The highest BCUT2D eigenvalue weighted by molar-refractivity contribution is 9.10. The minimum absolute atomic E-state index is 0.192. The van der Waals surface area contributed by atoms with E-state index in [9.17, 15) is 4.39 Å². The molecular weight excluding hydrogens is 311 g/mol. The Kier molecular flexibility index (Phi) is 4.74. The summed E-state index contributed by atoms with van der Waals surface area (Å²) in [5, 5.41) is 0. The average Bonchev–Trinajstić information content (AvgIpc) is 2.87. The van der Waals surface area contributed by atoms with Crippen molar-refractivity contribution in [2.45, 2.75) is 12.6 Å². The van der Waals surface area contributed by atoms with Crippen LogP contribution in [0.3, 0.4) is 0 Å². The molecule has 0 radical (unpaired) electrons. The molecule has 1 heterocycles. The number of furan rings is 1. The number of rotatable bonds is 5. The maximum Gasteiger partial charge on any atom is 0.128 e. The van der Waals surface area contributed by atoms with Gasteiger partial charge in [-0.3, -0.25) is 4.90 Å². The van der Waals surface area contributed by atoms with Gasteiger partial charge in [-0.1, -0.05) is 15.9 Å². The molecule has 0 saturated heterocycles. The fourth-order valence-electron chi connectivity index (χ4n) is 2.07. The van der Waals surface area contributed by atoms with Gasteiger partial charge in [0.15, 0.2) is 0 Å². The first-order chi connectivity index (χ1) is 9.11. The molecule has 1 aromatic carbocycles. The van der Waals surface area contributed by atoms with Gasteiger partial charge in [-0.15, -0.1) is 0 Å². The number of likely N-dealkylation sites (N-methyl/N-ethyl adjacent to an activating group) is 1. The zero-order chi connectivity index (χ0) is 13.8. The zero-order valence-electron chi connectivity index (χ0n) is 10.6. The molecule has 0 saturated carbocycles. The maximum absolute atomic E-state index is 13.9. The average molecular weight is 327 g/mol. The normalized spacial score (nSPS) is 12.9. The molecule has 3 nitrogen and oxygen atoms in total. The second kappa shape index (κ2) is 6.32. The van der Waals surface area contributed by atoms with Gasteiger partial charge in [0.05, 0.1) is 18.8 Å². The van der Waals surface area contributed by atoms with Crippen LogP contribution in [0.1, 0.15) is 17.4 Å². The molecule has 1 aromatic heterocycles. The lowest BCUT2D eigenvalue weighted by molar-refractivity contribution is 0.218. The summed E-state index contributed by atoms with van der Waals surface area (Å²) in [5.74, 6) is 0.585. The monoisotopic (exact) mass is 326 g/mol. The molecular formula is C14H16BrFN2O. The van der Waals surface area contributed by atoms with Crippen molar-refractivity contribution in [2.24, 2.45) is 5.73 Å². The predicted octanol–water partition coefficient (Wildman–Crippen LogP) is 3.31. The summed E-state index contributed by atoms with van der Waals surface area (Å²) in [5.41, 5.74) is 6.39.